The molecule has 0 atom stereocenters. The number of methoxy groups -OCH3 is 1. The van der Waals surface area contributed by atoms with E-state index in [1.54, 1.807) is 19.5 Å². The number of benzene rings is 2. The van der Waals surface area contributed by atoms with Crippen LogP contribution in [0, 0.1) is 6.92 Å². The van der Waals surface area contributed by atoms with Gasteiger partial charge in [-0.25, -0.2) is 0 Å². The van der Waals surface area contributed by atoms with Gasteiger partial charge in [-0.3, -0.25) is 14.3 Å². The molecule has 4 rings (SSSR count). The second kappa shape index (κ2) is 10.5. The van der Waals surface area contributed by atoms with Crippen LogP contribution in [0.1, 0.15) is 11.1 Å². The average Bonchev–Trinajstić information content (AvgIpc) is 3.27. The second-order valence-corrected chi connectivity index (χ2v) is 8.52. The summed E-state index contributed by atoms with van der Waals surface area (Å²) in [7, 11) is 1.62. The third-order valence-electron chi connectivity index (χ3n) is 5.03. The number of halogens is 1. The van der Waals surface area contributed by atoms with Crippen molar-refractivity contribution in [3.63, 3.8) is 0 Å². The van der Waals surface area contributed by atoms with Gasteiger partial charge in [-0.2, -0.15) is 0 Å². The lowest BCUT2D eigenvalue weighted by atomic mass is 10.2. The van der Waals surface area contributed by atoms with Gasteiger partial charge < -0.3 is 10.1 Å². The van der Waals surface area contributed by atoms with Gasteiger partial charge in [0.25, 0.3) is 0 Å². The summed E-state index contributed by atoms with van der Waals surface area (Å²) in [5.41, 5.74) is 3.63. The van der Waals surface area contributed by atoms with Crippen molar-refractivity contribution in [2.24, 2.45) is 0 Å². The highest BCUT2D eigenvalue weighted by Crippen LogP contribution is 2.31. The van der Waals surface area contributed by atoms with Crippen LogP contribution in [0.25, 0.3) is 17.1 Å². The lowest BCUT2D eigenvalue weighted by Crippen LogP contribution is -2.24. The Morgan fingerprint density at radius 1 is 1.09 bits per heavy atom. The van der Waals surface area contributed by atoms with Gasteiger partial charge in [0.05, 0.1) is 18.6 Å². The molecule has 0 saturated heterocycles. The van der Waals surface area contributed by atoms with Crippen LogP contribution in [0.2, 0.25) is 5.02 Å². The van der Waals surface area contributed by atoms with E-state index in [0.717, 1.165) is 28.1 Å². The molecular weight excluding hydrogens is 458 g/mol. The molecule has 168 valence electrons. The number of nitrogens with one attached hydrogen (secondary N) is 1. The minimum Gasteiger partial charge on any atom is -0.497 e. The molecule has 0 saturated carbocycles. The van der Waals surface area contributed by atoms with Gasteiger partial charge in [-0.15, -0.1) is 10.2 Å². The average molecular weight is 480 g/mol. The minimum atomic E-state index is -0.0985. The van der Waals surface area contributed by atoms with E-state index in [1.165, 1.54) is 11.8 Å². The van der Waals surface area contributed by atoms with Crippen LogP contribution >= 0.6 is 23.4 Å². The highest BCUT2D eigenvalue weighted by atomic mass is 35.5. The first-order valence-corrected chi connectivity index (χ1v) is 11.6. The maximum absolute atomic E-state index is 12.5. The first-order chi connectivity index (χ1) is 16.1. The lowest BCUT2D eigenvalue weighted by molar-refractivity contribution is -0.118. The largest absolute Gasteiger partial charge is 0.497 e. The first kappa shape index (κ1) is 22.8. The molecule has 0 aliphatic carbocycles. The van der Waals surface area contributed by atoms with Crippen molar-refractivity contribution in [3.05, 3.63) is 83.1 Å². The van der Waals surface area contributed by atoms with E-state index in [1.807, 2.05) is 66.1 Å². The van der Waals surface area contributed by atoms with Crippen molar-refractivity contribution < 1.29 is 9.53 Å². The number of pyridine rings is 1. The fourth-order valence-electron chi connectivity index (χ4n) is 3.23. The number of nitrogens with zero attached hydrogens (tertiary/aromatic N) is 4. The molecular formula is C24H22ClN5O2S. The van der Waals surface area contributed by atoms with Gasteiger partial charge in [-0.1, -0.05) is 41.6 Å². The fourth-order valence-corrected chi connectivity index (χ4v) is 4.18. The summed E-state index contributed by atoms with van der Waals surface area (Å²) in [4.78, 5) is 16.6. The van der Waals surface area contributed by atoms with Crippen LogP contribution in [-0.4, -0.2) is 38.5 Å². The Bertz CT molecular complexity index is 1250. The molecule has 0 fully saturated rings. The van der Waals surface area contributed by atoms with Crippen LogP contribution in [0.3, 0.4) is 0 Å². The SMILES string of the molecule is COc1ccc(CNC(=O)CSc2nnc(-c3ccncc3)n2-c2cccc(Cl)c2C)cc1. The summed E-state index contributed by atoms with van der Waals surface area (Å²) in [6, 6.07) is 17.0. The quantitative estimate of drug-likeness (QED) is 0.368. The number of carbonyl (C=O) groups excluding carboxylic acids is 1. The van der Waals surface area contributed by atoms with Gasteiger partial charge in [0.15, 0.2) is 11.0 Å². The van der Waals surface area contributed by atoms with Crippen LogP contribution in [0.15, 0.2) is 72.1 Å². The van der Waals surface area contributed by atoms with Crippen molar-refractivity contribution in [3.8, 4) is 22.8 Å². The summed E-state index contributed by atoms with van der Waals surface area (Å²) >= 11 is 7.70. The predicted molar refractivity (Wildman–Crippen MR) is 130 cm³/mol. The number of hydrogen-bond acceptors (Lipinski definition) is 6. The van der Waals surface area contributed by atoms with E-state index in [0.29, 0.717) is 22.5 Å². The summed E-state index contributed by atoms with van der Waals surface area (Å²) in [5.74, 6) is 1.54. The summed E-state index contributed by atoms with van der Waals surface area (Å²) in [6.07, 6.45) is 3.41. The molecule has 0 unspecified atom stereocenters. The molecule has 4 aromatic rings. The fraction of sp³-hybridized carbons (Fsp3) is 0.167. The van der Waals surface area contributed by atoms with Crippen LogP contribution in [0.5, 0.6) is 5.75 Å². The number of hydrogen-bond donors (Lipinski definition) is 1. The molecule has 1 N–H and O–H groups in total. The van der Waals surface area contributed by atoms with Crippen LogP contribution in [0.4, 0.5) is 0 Å². The summed E-state index contributed by atoms with van der Waals surface area (Å²) in [6.45, 7) is 2.38. The normalized spacial score (nSPS) is 10.8. The zero-order valence-electron chi connectivity index (χ0n) is 18.2. The van der Waals surface area contributed by atoms with Crippen molar-refractivity contribution in [2.75, 3.05) is 12.9 Å². The Morgan fingerprint density at radius 3 is 2.58 bits per heavy atom. The zero-order valence-corrected chi connectivity index (χ0v) is 19.7. The third-order valence-corrected chi connectivity index (χ3v) is 6.37. The van der Waals surface area contributed by atoms with Crippen LogP contribution in [-0.2, 0) is 11.3 Å². The molecule has 0 spiro atoms. The number of thioether (sulfide) groups is 1. The molecule has 33 heavy (non-hydrogen) atoms. The maximum Gasteiger partial charge on any atom is 0.230 e. The Morgan fingerprint density at radius 2 is 1.85 bits per heavy atom. The van der Waals surface area contributed by atoms with Crippen molar-refractivity contribution >= 4 is 29.3 Å². The van der Waals surface area contributed by atoms with E-state index in [2.05, 4.69) is 20.5 Å². The van der Waals surface area contributed by atoms with Gasteiger partial charge in [0.2, 0.25) is 5.91 Å². The standard InChI is InChI=1S/C24H22ClN5O2S/c1-16-20(25)4-3-5-21(16)30-23(18-10-12-26-13-11-18)28-29-24(30)33-15-22(31)27-14-17-6-8-19(32-2)9-7-17/h3-13H,14-15H2,1-2H3,(H,27,31). The lowest BCUT2D eigenvalue weighted by Gasteiger charge is -2.14. The molecule has 2 aromatic carbocycles. The van der Waals surface area contributed by atoms with Gasteiger partial charge in [0.1, 0.15) is 5.75 Å². The molecule has 0 aliphatic heterocycles. The maximum atomic E-state index is 12.5. The smallest absolute Gasteiger partial charge is 0.230 e. The van der Waals surface area contributed by atoms with Gasteiger partial charge in [-0.05, 0) is 54.4 Å². The number of amides is 1. The topological polar surface area (TPSA) is 81.9 Å². The van der Waals surface area contributed by atoms with Crippen molar-refractivity contribution in [1.82, 2.24) is 25.1 Å². The second-order valence-electron chi connectivity index (χ2n) is 7.17. The van der Waals surface area contributed by atoms with E-state index in [9.17, 15) is 4.79 Å². The van der Waals surface area contributed by atoms with E-state index >= 15 is 0 Å². The molecule has 9 heteroatoms. The number of aromatic nitrogens is 4. The van der Waals surface area contributed by atoms with E-state index < -0.39 is 0 Å². The highest BCUT2D eigenvalue weighted by molar-refractivity contribution is 7.99. The molecule has 2 heterocycles. The summed E-state index contributed by atoms with van der Waals surface area (Å²) < 4.78 is 7.09. The van der Waals surface area contributed by atoms with Crippen LogP contribution < -0.4 is 10.1 Å². The van der Waals surface area contributed by atoms with Gasteiger partial charge in [0, 0.05) is 29.5 Å². The van der Waals surface area contributed by atoms with Gasteiger partial charge >= 0.3 is 0 Å². The highest BCUT2D eigenvalue weighted by Gasteiger charge is 2.19. The number of carbonyl (C=O) groups is 1. The van der Waals surface area contributed by atoms with Crippen molar-refractivity contribution in [1.29, 1.82) is 0 Å². The Hall–Kier alpha value is -3.36. The monoisotopic (exact) mass is 479 g/mol. The minimum absolute atomic E-state index is 0.0985. The molecule has 0 radical (unpaired) electrons. The first-order valence-electron chi connectivity index (χ1n) is 10.2. The molecule has 7 nitrogen and oxygen atoms in total. The van der Waals surface area contributed by atoms with E-state index in [-0.39, 0.29) is 11.7 Å². The Labute approximate surface area is 201 Å². The molecule has 1 amide bonds. The zero-order chi connectivity index (χ0) is 23.2. The van der Waals surface area contributed by atoms with E-state index in [4.69, 9.17) is 16.3 Å². The predicted octanol–water partition coefficient (Wildman–Crippen LogP) is 4.71. The Balaban J connectivity index is 1.53. The molecule has 0 aliphatic rings. The molecule has 2 aromatic heterocycles. The van der Waals surface area contributed by atoms with Crippen molar-refractivity contribution in [2.45, 2.75) is 18.6 Å². The summed E-state index contributed by atoms with van der Waals surface area (Å²) in [5, 5.41) is 13.0. The number of ether oxygens (including phenoxy) is 1. The Kier molecular flexibility index (Phi) is 7.26. The number of rotatable bonds is 8. The third kappa shape index (κ3) is 5.35. The molecule has 0 bridgehead atoms.